The molecule has 104 valence electrons. The van der Waals surface area contributed by atoms with Crippen LogP contribution in [0.25, 0.3) is 0 Å². The van der Waals surface area contributed by atoms with Crippen LogP contribution in [0.5, 0.6) is 0 Å². The Hall–Kier alpha value is -1.49. The third-order valence-electron chi connectivity index (χ3n) is 3.74. The summed E-state index contributed by atoms with van der Waals surface area (Å²) in [6, 6.07) is 2.24. The fourth-order valence-electron chi connectivity index (χ4n) is 2.63. The number of nitrogens with two attached hydrogens (primary N) is 1. The first kappa shape index (κ1) is 13.9. The Balaban J connectivity index is 2.26. The molecular formula is C14H22N4O. The second-order valence-corrected chi connectivity index (χ2v) is 5.33. The molecule has 1 fully saturated rings. The van der Waals surface area contributed by atoms with Gasteiger partial charge in [0.05, 0.1) is 17.0 Å². The quantitative estimate of drug-likeness (QED) is 0.872. The number of likely N-dealkylation sites (tertiary alicyclic amines) is 1. The van der Waals surface area contributed by atoms with E-state index in [-0.39, 0.29) is 18.0 Å². The first-order valence-electron chi connectivity index (χ1n) is 6.92. The van der Waals surface area contributed by atoms with Gasteiger partial charge in [0.25, 0.3) is 5.91 Å². The molecule has 1 aromatic rings. The van der Waals surface area contributed by atoms with Crippen LogP contribution in [-0.4, -0.2) is 39.6 Å². The zero-order chi connectivity index (χ0) is 14.0. The number of piperidine rings is 1. The molecule has 2 heterocycles. The Morgan fingerprint density at radius 3 is 2.89 bits per heavy atom. The van der Waals surface area contributed by atoms with Gasteiger partial charge in [-0.05, 0) is 39.2 Å². The van der Waals surface area contributed by atoms with E-state index >= 15 is 0 Å². The van der Waals surface area contributed by atoms with E-state index in [9.17, 15) is 4.79 Å². The Morgan fingerprint density at radius 2 is 2.26 bits per heavy atom. The summed E-state index contributed by atoms with van der Waals surface area (Å²) in [4.78, 5) is 14.6. The molecule has 1 aromatic heterocycles. The lowest BCUT2D eigenvalue weighted by Gasteiger charge is -2.36. The van der Waals surface area contributed by atoms with Crippen LogP contribution in [0.3, 0.4) is 0 Å². The number of amides is 1. The molecule has 5 heteroatoms. The molecule has 0 saturated carbocycles. The highest BCUT2D eigenvalue weighted by Crippen LogP contribution is 2.20. The van der Waals surface area contributed by atoms with Gasteiger partial charge in [-0.2, -0.15) is 10.2 Å². The highest BCUT2D eigenvalue weighted by atomic mass is 16.2. The molecule has 0 aromatic carbocycles. The van der Waals surface area contributed by atoms with Gasteiger partial charge in [-0.3, -0.25) is 4.79 Å². The predicted molar refractivity (Wildman–Crippen MR) is 73.9 cm³/mol. The molecule has 0 spiro atoms. The van der Waals surface area contributed by atoms with Crippen molar-refractivity contribution in [3.8, 4) is 0 Å². The van der Waals surface area contributed by atoms with Crippen LogP contribution in [0, 0.1) is 6.92 Å². The molecule has 1 amide bonds. The van der Waals surface area contributed by atoms with Crippen LogP contribution in [0.1, 0.15) is 48.4 Å². The molecule has 1 saturated heterocycles. The number of nitrogens with zero attached hydrogens (tertiary/aromatic N) is 3. The third kappa shape index (κ3) is 2.92. The Labute approximate surface area is 114 Å². The van der Waals surface area contributed by atoms with Crippen LogP contribution in [0.15, 0.2) is 6.07 Å². The van der Waals surface area contributed by atoms with E-state index in [0.717, 1.165) is 37.2 Å². The first-order valence-corrected chi connectivity index (χ1v) is 6.92. The van der Waals surface area contributed by atoms with E-state index in [1.54, 1.807) is 0 Å². The largest absolute Gasteiger partial charge is 0.336 e. The number of hydrogen-bond donors (Lipinski definition) is 1. The Kier molecular flexibility index (Phi) is 4.14. The van der Waals surface area contributed by atoms with Gasteiger partial charge in [0.2, 0.25) is 0 Å². The van der Waals surface area contributed by atoms with Crippen LogP contribution in [0.4, 0.5) is 0 Å². The molecule has 19 heavy (non-hydrogen) atoms. The second kappa shape index (κ2) is 5.65. The number of carbonyl (C=O) groups is 1. The van der Waals surface area contributed by atoms with Crippen molar-refractivity contribution >= 4 is 5.91 Å². The summed E-state index contributed by atoms with van der Waals surface area (Å²) < 4.78 is 0. The molecule has 0 bridgehead atoms. The maximum atomic E-state index is 12.7. The van der Waals surface area contributed by atoms with Gasteiger partial charge in [0.15, 0.2) is 0 Å². The number of aryl methyl sites for hydroxylation is 2. The summed E-state index contributed by atoms with van der Waals surface area (Å²) in [7, 11) is 0. The Bertz CT molecular complexity index is 475. The van der Waals surface area contributed by atoms with Crippen LogP contribution < -0.4 is 5.73 Å². The molecule has 2 unspecified atom stereocenters. The lowest BCUT2D eigenvalue weighted by molar-refractivity contribution is 0.0617. The van der Waals surface area contributed by atoms with Crippen LogP contribution >= 0.6 is 0 Å². The van der Waals surface area contributed by atoms with Crippen molar-refractivity contribution in [2.75, 3.05) is 6.54 Å². The summed E-state index contributed by atoms with van der Waals surface area (Å²) in [5.74, 6) is 0.0641. The van der Waals surface area contributed by atoms with Crippen molar-refractivity contribution in [3.63, 3.8) is 0 Å². The van der Waals surface area contributed by atoms with E-state index in [1.165, 1.54) is 0 Å². The summed E-state index contributed by atoms with van der Waals surface area (Å²) >= 11 is 0. The van der Waals surface area contributed by atoms with E-state index in [0.29, 0.717) is 5.56 Å². The van der Waals surface area contributed by atoms with Gasteiger partial charge in [0.1, 0.15) is 0 Å². The predicted octanol–water partition coefficient (Wildman–Crippen LogP) is 1.30. The number of carbonyl (C=O) groups excluding carboxylic acids is 1. The minimum absolute atomic E-state index is 0.0641. The molecule has 5 nitrogen and oxygen atoms in total. The fraction of sp³-hybridized carbons (Fsp3) is 0.643. The minimum Gasteiger partial charge on any atom is -0.336 e. The molecular weight excluding hydrogens is 240 g/mol. The highest BCUT2D eigenvalue weighted by Gasteiger charge is 2.29. The maximum absolute atomic E-state index is 12.7. The highest BCUT2D eigenvalue weighted by molar-refractivity contribution is 5.95. The summed E-state index contributed by atoms with van der Waals surface area (Å²) in [6.45, 7) is 6.64. The average molecular weight is 262 g/mol. The molecule has 2 N–H and O–H groups in total. The summed E-state index contributed by atoms with van der Waals surface area (Å²) in [5, 5.41) is 8.16. The second-order valence-electron chi connectivity index (χ2n) is 5.33. The standard InChI is InChI=1S/C14H22N4O/c1-4-13-12(7-9(2)16-17-13)14(19)18-6-5-11(15)8-10(18)3/h7,10-11H,4-6,8,15H2,1-3H3. The molecule has 0 aliphatic carbocycles. The Morgan fingerprint density at radius 1 is 1.53 bits per heavy atom. The van der Waals surface area contributed by atoms with Crippen molar-refractivity contribution in [1.29, 1.82) is 0 Å². The molecule has 0 radical (unpaired) electrons. The molecule has 2 rings (SSSR count). The number of hydrogen-bond acceptors (Lipinski definition) is 4. The average Bonchev–Trinajstić information content (AvgIpc) is 2.38. The van der Waals surface area contributed by atoms with Crippen LogP contribution in [0.2, 0.25) is 0 Å². The van der Waals surface area contributed by atoms with Crippen LogP contribution in [-0.2, 0) is 6.42 Å². The van der Waals surface area contributed by atoms with E-state index in [4.69, 9.17) is 5.73 Å². The SMILES string of the molecule is CCc1nnc(C)cc1C(=O)N1CCC(N)CC1C. The van der Waals surface area contributed by atoms with Gasteiger partial charge in [0, 0.05) is 18.6 Å². The van der Waals surface area contributed by atoms with E-state index < -0.39 is 0 Å². The fourth-order valence-corrected chi connectivity index (χ4v) is 2.63. The number of rotatable bonds is 2. The van der Waals surface area contributed by atoms with Crippen molar-refractivity contribution in [2.45, 2.75) is 52.1 Å². The first-order chi connectivity index (χ1) is 9.02. The van der Waals surface area contributed by atoms with Crippen molar-refractivity contribution in [3.05, 3.63) is 23.0 Å². The lowest BCUT2D eigenvalue weighted by Crippen LogP contribution is -2.48. The topological polar surface area (TPSA) is 72.1 Å². The normalized spacial score (nSPS) is 23.5. The summed E-state index contributed by atoms with van der Waals surface area (Å²) in [6.07, 6.45) is 2.45. The van der Waals surface area contributed by atoms with E-state index in [2.05, 4.69) is 17.1 Å². The smallest absolute Gasteiger partial charge is 0.256 e. The monoisotopic (exact) mass is 262 g/mol. The number of aromatic nitrogens is 2. The summed E-state index contributed by atoms with van der Waals surface area (Å²) in [5.41, 5.74) is 8.19. The molecule has 2 atom stereocenters. The van der Waals surface area contributed by atoms with Gasteiger partial charge in [-0.15, -0.1) is 0 Å². The van der Waals surface area contributed by atoms with Crippen molar-refractivity contribution < 1.29 is 4.79 Å². The minimum atomic E-state index is 0.0641. The van der Waals surface area contributed by atoms with Gasteiger partial charge < -0.3 is 10.6 Å². The zero-order valence-corrected chi connectivity index (χ0v) is 11.9. The molecule has 1 aliphatic rings. The molecule has 1 aliphatic heterocycles. The van der Waals surface area contributed by atoms with E-state index in [1.807, 2.05) is 24.8 Å². The van der Waals surface area contributed by atoms with Crippen molar-refractivity contribution in [1.82, 2.24) is 15.1 Å². The van der Waals surface area contributed by atoms with Gasteiger partial charge >= 0.3 is 0 Å². The lowest BCUT2D eigenvalue weighted by atomic mass is 9.97. The maximum Gasteiger partial charge on any atom is 0.256 e. The van der Waals surface area contributed by atoms with Gasteiger partial charge in [-0.25, -0.2) is 0 Å². The zero-order valence-electron chi connectivity index (χ0n) is 11.9. The van der Waals surface area contributed by atoms with Gasteiger partial charge in [-0.1, -0.05) is 6.92 Å². The van der Waals surface area contributed by atoms with Crippen molar-refractivity contribution in [2.24, 2.45) is 5.73 Å². The third-order valence-corrected chi connectivity index (χ3v) is 3.74.